The summed E-state index contributed by atoms with van der Waals surface area (Å²) in [6, 6.07) is 0.134. The Kier molecular flexibility index (Phi) is 6.09. The summed E-state index contributed by atoms with van der Waals surface area (Å²) in [5, 5.41) is 2.28. The van der Waals surface area contributed by atoms with Gasteiger partial charge in [0.2, 0.25) is 0 Å². The Morgan fingerprint density at radius 2 is 2.10 bits per heavy atom. The zero-order valence-corrected chi connectivity index (χ0v) is 14.1. The van der Waals surface area contributed by atoms with E-state index in [0.717, 1.165) is 0 Å². The predicted molar refractivity (Wildman–Crippen MR) is 75.9 cm³/mol. The average Bonchev–Trinajstić information content (AvgIpc) is 2.25. The molecule has 0 fully saturated rings. The Morgan fingerprint density at radius 3 is 2.57 bits per heavy atom. The molecule has 1 unspecified atom stereocenters. The predicted octanol–water partition coefficient (Wildman–Crippen LogP) is 2.42. The van der Waals surface area contributed by atoms with E-state index in [4.69, 9.17) is 15.4 Å². The number of benzene rings is 1. The lowest BCUT2D eigenvalue weighted by Crippen LogP contribution is -2.36. The number of nitrogens with one attached hydrogen (secondary N) is 1. The van der Waals surface area contributed by atoms with Crippen LogP contribution in [0.2, 0.25) is 0 Å². The molecule has 0 saturated heterocycles. The molecular weight excluding hydrogens is 396 g/mol. The normalized spacial score (nSPS) is 13.0. The molecule has 0 radical (unpaired) electrons. The van der Waals surface area contributed by atoms with Crippen LogP contribution in [0.1, 0.15) is 17.3 Å². The van der Waals surface area contributed by atoms with E-state index < -0.39 is 47.6 Å². The van der Waals surface area contributed by atoms with Crippen molar-refractivity contribution >= 4 is 41.6 Å². The van der Waals surface area contributed by atoms with Crippen LogP contribution in [0, 0.1) is 11.6 Å². The maximum Gasteiger partial charge on any atom is 0.265 e. The summed E-state index contributed by atoms with van der Waals surface area (Å²) in [5.74, 6) is -3.88. The topological polar surface area (TPSA) is 72.5 Å². The van der Waals surface area contributed by atoms with E-state index in [1.807, 2.05) is 0 Å². The molecule has 1 atom stereocenters. The second-order valence-electron chi connectivity index (χ2n) is 4.13. The lowest BCUT2D eigenvalue weighted by Gasteiger charge is -2.14. The second-order valence-corrected chi connectivity index (χ2v) is 7.48. The number of methoxy groups -OCH3 is 1. The molecule has 0 aliphatic carbocycles. The van der Waals surface area contributed by atoms with Crippen LogP contribution in [-0.4, -0.2) is 34.1 Å². The molecule has 0 heterocycles. The maximum absolute atomic E-state index is 14.2. The van der Waals surface area contributed by atoms with Gasteiger partial charge in [-0.15, -0.1) is 0 Å². The van der Waals surface area contributed by atoms with Crippen molar-refractivity contribution in [3.8, 4) is 0 Å². The number of rotatable bonds is 5. The van der Waals surface area contributed by atoms with Gasteiger partial charge in [0.25, 0.3) is 15.0 Å². The number of hydrogen-bond donors (Lipinski definition) is 1. The van der Waals surface area contributed by atoms with E-state index in [2.05, 4.69) is 21.2 Å². The molecule has 1 amide bonds. The van der Waals surface area contributed by atoms with Crippen LogP contribution >= 0.6 is 26.6 Å². The van der Waals surface area contributed by atoms with Crippen LogP contribution in [0.5, 0.6) is 0 Å². The van der Waals surface area contributed by atoms with Gasteiger partial charge >= 0.3 is 0 Å². The van der Waals surface area contributed by atoms with Gasteiger partial charge in [0.1, 0.15) is 16.3 Å². The Labute approximate surface area is 133 Å². The number of amides is 1. The quantitative estimate of drug-likeness (QED) is 0.762. The summed E-state index contributed by atoms with van der Waals surface area (Å²) >= 11 is 2.70. The number of ether oxygens (including phenoxy) is 1. The van der Waals surface area contributed by atoms with Gasteiger partial charge in [-0.05, 0) is 28.9 Å². The van der Waals surface area contributed by atoms with Crippen LogP contribution in [-0.2, 0) is 13.8 Å². The molecular formula is C11H11BrClF2NO4S. The number of hydrogen-bond acceptors (Lipinski definition) is 4. The highest BCUT2D eigenvalue weighted by atomic mass is 79.9. The van der Waals surface area contributed by atoms with Crippen molar-refractivity contribution in [3.05, 3.63) is 27.7 Å². The molecule has 0 aliphatic heterocycles. The van der Waals surface area contributed by atoms with Gasteiger partial charge in [0, 0.05) is 28.3 Å². The van der Waals surface area contributed by atoms with Gasteiger partial charge in [-0.3, -0.25) is 4.79 Å². The van der Waals surface area contributed by atoms with Crippen LogP contribution in [0.4, 0.5) is 8.78 Å². The van der Waals surface area contributed by atoms with Crippen molar-refractivity contribution < 1.29 is 26.7 Å². The van der Waals surface area contributed by atoms with Crippen molar-refractivity contribution in [2.24, 2.45) is 0 Å². The average molecular weight is 407 g/mol. The standard InChI is InChI=1S/C11H11BrClF2NO4S/c1-5(4-20-2)16-11(17)8-7(14)3-6(12)10(9(8)15)21(13,18)19/h3,5H,4H2,1-2H3,(H,16,17). The fraction of sp³-hybridized carbons (Fsp3) is 0.364. The minimum atomic E-state index is -4.50. The van der Waals surface area contributed by atoms with E-state index in [1.165, 1.54) is 7.11 Å². The molecule has 0 aromatic heterocycles. The van der Waals surface area contributed by atoms with E-state index in [-0.39, 0.29) is 6.61 Å². The van der Waals surface area contributed by atoms with Crippen LogP contribution < -0.4 is 5.32 Å². The molecule has 0 bridgehead atoms. The monoisotopic (exact) mass is 405 g/mol. The van der Waals surface area contributed by atoms with Gasteiger partial charge in [0.15, 0.2) is 5.82 Å². The third-order valence-corrected chi connectivity index (χ3v) is 4.63. The largest absolute Gasteiger partial charge is 0.383 e. The molecule has 10 heteroatoms. The first kappa shape index (κ1) is 18.3. The van der Waals surface area contributed by atoms with E-state index in [1.54, 1.807) is 6.92 Å². The molecule has 118 valence electrons. The summed E-state index contributed by atoms with van der Waals surface area (Å²) in [5.41, 5.74) is -1.03. The lowest BCUT2D eigenvalue weighted by molar-refractivity contribution is 0.0896. The van der Waals surface area contributed by atoms with Crippen molar-refractivity contribution in [2.75, 3.05) is 13.7 Å². The van der Waals surface area contributed by atoms with Crippen molar-refractivity contribution in [3.63, 3.8) is 0 Å². The molecule has 1 N–H and O–H groups in total. The zero-order chi connectivity index (χ0) is 16.4. The molecule has 5 nitrogen and oxygen atoms in total. The fourth-order valence-corrected chi connectivity index (χ4v) is 3.95. The molecule has 1 aromatic carbocycles. The van der Waals surface area contributed by atoms with E-state index >= 15 is 0 Å². The number of halogens is 4. The van der Waals surface area contributed by atoms with Gasteiger partial charge in [-0.1, -0.05) is 0 Å². The van der Waals surface area contributed by atoms with Crippen LogP contribution in [0.15, 0.2) is 15.4 Å². The van der Waals surface area contributed by atoms with Gasteiger partial charge in [0.05, 0.1) is 6.61 Å². The molecule has 0 saturated carbocycles. The summed E-state index contributed by atoms with van der Waals surface area (Å²) < 4.78 is 54.9. The number of carbonyl (C=O) groups is 1. The first-order chi connectivity index (χ1) is 9.59. The highest BCUT2D eigenvalue weighted by Crippen LogP contribution is 2.31. The first-order valence-electron chi connectivity index (χ1n) is 5.51. The van der Waals surface area contributed by atoms with Gasteiger partial charge in [-0.25, -0.2) is 17.2 Å². The summed E-state index contributed by atoms with van der Waals surface area (Å²) in [7, 11) is 1.98. The van der Waals surface area contributed by atoms with Crippen molar-refractivity contribution in [2.45, 2.75) is 17.9 Å². The summed E-state index contributed by atoms with van der Waals surface area (Å²) in [6.07, 6.45) is 0. The molecule has 1 rings (SSSR count). The highest BCUT2D eigenvalue weighted by molar-refractivity contribution is 9.10. The Morgan fingerprint density at radius 1 is 1.52 bits per heavy atom. The number of carbonyl (C=O) groups excluding carboxylic acids is 1. The third-order valence-electron chi connectivity index (χ3n) is 2.39. The molecule has 1 aromatic rings. The Hall–Kier alpha value is -0.770. The molecule has 0 spiro atoms. The Balaban J connectivity index is 3.34. The van der Waals surface area contributed by atoms with Gasteiger partial charge in [-0.2, -0.15) is 0 Å². The van der Waals surface area contributed by atoms with Crippen molar-refractivity contribution in [1.29, 1.82) is 0 Å². The third kappa shape index (κ3) is 4.35. The SMILES string of the molecule is COCC(C)NC(=O)c1c(F)cc(Br)c(S(=O)(=O)Cl)c1F. The second kappa shape index (κ2) is 6.99. The Bertz CT molecular complexity index is 669. The lowest BCUT2D eigenvalue weighted by atomic mass is 10.1. The van der Waals surface area contributed by atoms with E-state index in [0.29, 0.717) is 6.07 Å². The fourth-order valence-electron chi connectivity index (χ4n) is 1.59. The molecule has 0 aliphatic rings. The first-order valence-corrected chi connectivity index (χ1v) is 8.61. The van der Waals surface area contributed by atoms with Crippen LogP contribution in [0.3, 0.4) is 0 Å². The zero-order valence-electron chi connectivity index (χ0n) is 10.9. The molecule has 21 heavy (non-hydrogen) atoms. The maximum atomic E-state index is 14.2. The smallest absolute Gasteiger partial charge is 0.265 e. The van der Waals surface area contributed by atoms with Crippen LogP contribution in [0.25, 0.3) is 0 Å². The van der Waals surface area contributed by atoms with Gasteiger partial charge < -0.3 is 10.1 Å². The minimum Gasteiger partial charge on any atom is -0.383 e. The minimum absolute atomic E-state index is 0.117. The highest BCUT2D eigenvalue weighted by Gasteiger charge is 2.29. The van der Waals surface area contributed by atoms with E-state index in [9.17, 15) is 22.0 Å². The summed E-state index contributed by atoms with van der Waals surface area (Å²) in [4.78, 5) is 10.9. The van der Waals surface area contributed by atoms with Crippen molar-refractivity contribution in [1.82, 2.24) is 5.32 Å². The summed E-state index contributed by atoms with van der Waals surface area (Å²) in [6.45, 7) is 1.67.